The van der Waals surface area contributed by atoms with Crippen LogP contribution in [0.25, 0.3) is 54.3 Å². The molecule has 1 N–H and O–H groups in total. The van der Waals surface area contributed by atoms with Crippen molar-refractivity contribution in [1.29, 1.82) is 0 Å². The van der Waals surface area contributed by atoms with Crippen LogP contribution in [0.4, 0.5) is 28.4 Å². The smallest absolute Gasteiger partial charge is 0.211 e. The van der Waals surface area contributed by atoms with Crippen molar-refractivity contribution in [2.45, 2.75) is 161 Å². The molecule has 4 aliphatic rings. The minimum Gasteiger partial charge on any atom is -0.456 e. The second-order valence-corrected chi connectivity index (χ2v) is 28.1. The quantitative estimate of drug-likeness (QED) is 0.174. The molecule has 1 aliphatic heterocycles. The molecule has 0 spiro atoms. The highest BCUT2D eigenvalue weighted by atomic mass is 32.1. The predicted octanol–water partition coefficient (Wildman–Crippen LogP) is 18.4. The van der Waals surface area contributed by atoms with E-state index in [1.165, 1.54) is 136 Å². The van der Waals surface area contributed by atoms with Crippen LogP contribution in [0.5, 0.6) is 0 Å². The van der Waals surface area contributed by atoms with Crippen LogP contribution in [0.3, 0.4) is 0 Å². The fourth-order valence-electron chi connectivity index (χ4n) is 14.1. The fourth-order valence-corrected chi connectivity index (χ4v) is 15.3. The zero-order valence-electron chi connectivity index (χ0n) is 46.3. The Morgan fingerprint density at radius 3 is 1.76 bits per heavy atom. The van der Waals surface area contributed by atoms with Gasteiger partial charge in [-0.1, -0.05) is 150 Å². The van der Waals surface area contributed by atoms with Crippen LogP contribution >= 0.6 is 11.3 Å². The molecule has 0 saturated carbocycles. The molecule has 3 nitrogen and oxygen atoms in total. The number of hydrogen-bond acceptors (Lipinski definition) is 4. The summed E-state index contributed by atoms with van der Waals surface area (Å²) in [5, 5.41) is 7.82. The van der Waals surface area contributed by atoms with Crippen molar-refractivity contribution < 1.29 is 4.42 Å². The van der Waals surface area contributed by atoms with E-state index >= 15 is 0 Å². The van der Waals surface area contributed by atoms with Gasteiger partial charge in [-0.3, -0.25) is 0 Å². The number of nitrogens with one attached hydrogen (secondary N) is 1. The van der Waals surface area contributed by atoms with E-state index in [1.807, 2.05) is 11.3 Å². The van der Waals surface area contributed by atoms with Gasteiger partial charge in [-0.05, 0) is 192 Å². The molecule has 0 radical (unpaired) electrons. The highest BCUT2D eigenvalue weighted by Crippen LogP contribution is 2.55. The minimum atomic E-state index is 0.0358. The van der Waals surface area contributed by atoms with E-state index in [-0.39, 0.29) is 32.5 Å². The summed E-state index contributed by atoms with van der Waals surface area (Å²) < 4.78 is 9.97. The number of anilines is 5. The lowest BCUT2D eigenvalue weighted by Gasteiger charge is -2.43. The molecule has 374 valence electrons. The van der Waals surface area contributed by atoms with Crippen molar-refractivity contribution in [1.82, 2.24) is 0 Å². The number of benzene rings is 7. The first-order chi connectivity index (χ1) is 35.0. The summed E-state index contributed by atoms with van der Waals surface area (Å²) in [7, 11) is 0.808. The average molecular weight is 989 g/mol. The van der Waals surface area contributed by atoms with Gasteiger partial charge >= 0.3 is 0 Å². The van der Waals surface area contributed by atoms with Gasteiger partial charge in [-0.25, -0.2) is 0 Å². The molecule has 2 aromatic heterocycles. The molecule has 9 aromatic rings. The number of furan rings is 1. The molecule has 0 fully saturated rings. The molecule has 3 heterocycles. The molecule has 7 aromatic carbocycles. The number of para-hydroxylation sites is 1. The van der Waals surface area contributed by atoms with Crippen molar-refractivity contribution in [3.63, 3.8) is 0 Å². The van der Waals surface area contributed by atoms with Crippen LogP contribution in [-0.4, -0.2) is 7.28 Å². The van der Waals surface area contributed by atoms with Crippen molar-refractivity contribution in [3.05, 3.63) is 160 Å². The first kappa shape index (κ1) is 47.7. The lowest BCUT2D eigenvalue weighted by molar-refractivity contribution is 0.332. The van der Waals surface area contributed by atoms with Gasteiger partial charge in [0.25, 0.3) is 0 Å². The molecule has 74 heavy (non-hydrogen) atoms. The number of hydrogen-bond donors (Lipinski definition) is 1. The lowest BCUT2D eigenvalue weighted by Crippen LogP contribution is -2.40. The Morgan fingerprint density at radius 2 is 1.08 bits per heavy atom. The Kier molecular flexibility index (Phi) is 10.3. The van der Waals surface area contributed by atoms with Gasteiger partial charge in [-0.15, -0.1) is 11.3 Å². The first-order valence-electron chi connectivity index (χ1n) is 27.7. The van der Waals surface area contributed by atoms with Gasteiger partial charge in [-0.2, -0.15) is 0 Å². The second kappa shape index (κ2) is 16.0. The van der Waals surface area contributed by atoms with Crippen LogP contribution in [-0.2, 0) is 32.5 Å². The zero-order valence-corrected chi connectivity index (χ0v) is 47.1. The summed E-state index contributed by atoms with van der Waals surface area (Å²) in [6, 6.07) is 46.8. The maximum atomic E-state index is 7.16. The molecule has 0 bridgehead atoms. The number of thiophene rings is 1. The number of rotatable bonds is 5. The van der Waals surface area contributed by atoms with E-state index in [2.05, 4.69) is 222 Å². The minimum absolute atomic E-state index is 0.0358. The molecule has 0 atom stereocenters. The van der Waals surface area contributed by atoms with Gasteiger partial charge < -0.3 is 14.6 Å². The van der Waals surface area contributed by atoms with E-state index in [0.29, 0.717) is 0 Å². The molecular formula is C69H73BN2OS. The summed E-state index contributed by atoms with van der Waals surface area (Å²) in [5.41, 5.74) is 24.8. The van der Waals surface area contributed by atoms with E-state index in [0.717, 1.165) is 41.6 Å². The van der Waals surface area contributed by atoms with Crippen molar-refractivity contribution in [3.8, 4) is 22.3 Å². The summed E-state index contributed by atoms with van der Waals surface area (Å²) in [6.45, 7) is 31.8. The average Bonchev–Trinajstić information content (AvgIpc) is 3.95. The third-order valence-corrected chi connectivity index (χ3v) is 20.3. The van der Waals surface area contributed by atoms with E-state index in [1.54, 1.807) is 0 Å². The summed E-state index contributed by atoms with van der Waals surface area (Å²) in [5.74, 6) is 0. The number of nitrogens with zero attached hydrogens (tertiary/aromatic N) is 1. The summed E-state index contributed by atoms with van der Waals surface area (Å²) >= 11 is 2.02. The Morgan fingerprint density at radius 1 is 0.500 bits per heavy atom. The largest absolute Gasteiger partial charge is 0.456 e. The van der Waals surface area contributed by atoms with Crippen molar-refractivity contribution in [2.75, 3.05) is 10.2 Å². The molecule has 0 unspecified atom stereocenters. The Balaban J connectivity index is 1.13. The zero-order chi connectivity index (χ0) is 51.6. The maximum absolute atomic E-state index is 7.16. The Hall–Kier alpha value is -6.04. The normalized spacial score (nSPS) is 19.3. The van der Waals surface area contributed by atoms with Crippen LogP contribution in [0, 0.1) is 6.92 Å². The maximum Gasteiger partial charge on any atom is 0.211 e. The molecule has 0 amide bonds. The van der Waals surface area contributed by atoms with Gasteiger partial charge in [0, 0.05) is 55.2 Å². The van der Waals surface area contributed by atoms with Crippen molar-refractivity contribution >= 4 is 89.3 Å². The van der Waals surface area contributed by atoms with Gasteiger partial charge in [0.1, 0.15) is 11.2 Å². The monoisotopic (exact) mass is 989 g/mol. The fraction of sp³-hybridized carbons (Fsp3) is 0.362. The predicted molar refractivity (Wildman–Crippen MR) is 321 cm³/mol. The van der Waals surface area contributed by atoms with E-state index in [4.69, 9.17) is 4.42 Å². The molecule has 3 aliphatic carbocycles. The van der Waals surface area contributed by atoms with Crippen LogP contribution in [0.1, 0.15) is 161 Å². The number of fused-ring (bicyclic) bond motifs is 10. The standard InChI is InChI=1S/C69H73BN2OS/c1-40-33-48-51(68(10,11)31-29-65(48,4)5)37-54(40)72-55-39-57-59(44-21-17-18-22-56(44)73-57)60(61(55)70-63-62(72)46-36-50-52(38-58(46)74-63)69(12,13)32-30-67(50,8)9)45-34-42(41-19-15-14-16-20-41)23-26-53(45)71-43-24-25-47-49(35-43)66(6,7)28-27-64(47,2)3/h14-26,33-39,70-71H,27-32H2,1-13H3. The third kappa shape index (κ3) is 7.25. The van der Waals surface area contributed by atoms with Gasteiger partial charge in [0.2, 0.25) is 7.28 Å². The third-order valence-electron chi connectivity index (χ3n) is 19.2. The molecule has 5 heteroatoms. The van der Waals surface area contributed by atoms with Gasteiger partial charge in [0.05, 0.1) is 5.69 Å². The van der Waals surface area contributed by atoms with Gasteiger partial charge in [0.15, 0.2) is 0 Å². The van der Waals surface area contributed by atoms with Crippen LogP contribution in [0.15, 0.2) is 126 Å². The van der Waals surface area contributed by atoms with E-state index in [9.17, 15) is 0 Å². The van der Waals surface area contributed by atoms with E-state index < -0.39 is 0 Å². The topological polar surface area (TPSA) is 28.4 Å². The SMILES string of the molecule is Cc1cc2c(cc1N1c3cc4oc5ccccc5c4c(-c4cc(-c5ccccc5)ccc4Nc4ccc5c(c4)C(C)(C)CCC5(C)C)c3Bc3sc4cc5c(cc4c31)C(C)(C)CCC5(C)C)C(C)(C)CCC2(C)C. The highest BCUT2D eigenvalue weighted by molar-refractivity contribution is 7.29. The van der Waals surface area contributed by atoms with Crippen LogP contribution in [0.2, 0.25) is 0 Å². The molecule has 0 saturated heterocycles. The Labute approximate surface area is 445 Å². The summed E-state index contributed by atoms with van der Waals surface area (Å²) in [4.78, 5) is 2.71. The first-order valence-corrected chi connectivity index (χ1v) is 28.5. The Bertz CT molecular complexity index is 3820. The second-order valence-electron chi connectivity index (χ2n) is 27.0. The number of aryl methyl sites for hydroxylation is 1. The molecule has 13 rings (SSSR count). The van der Waals surface area contributed by atoms with Crippen molar-refractivity contribution in [2.24, 2.45) is 0 Å². The van der Waals surface area contributed by atoms with Crippen LogP contribution < -0.4 is 20.5 Å². The molecular weight excluding hydrogens is 916 g/mol. The highest BCUT2D eigenvalue weighted by Gasteiger charge is 2.43. The lowest BCUT2D eigenvalue weighted by atomic mass is 9.60. The summed E-state index contributed by atoms with van der Waals surface area (Å²) in [6.07, 6.45) is 7.07.